The molecule has 2 rings (SSSR count). The monoisotopic (exact) mass is 349 g/mol. The molecular weight excluding hydrogens is 330 g/mol. The van der Waals surface area contributed by atoms with E-state index in [1.807, 2.05) is 38.1 Å². The number of rotatable bonds is 6. The lowest BCUT2D eigenvalue weighted by molar-refractivity contribution is -0.112. The number of carbonyl (C=O) groups is 2. The van der Waals surface area contributed by atoms with Gasteiger partial charge in [0.25, 0.3) is 5.91 Å². The van der Waals surface area contributed by atoms with Gasteiger partial charge in [0.15, 0.2) is 0 Å². The summed E-state index contributed by atoms with van der Waals surface area (Å²) in [6.07, 6.45) is 2.06. The van der Waals surface area contributed by atoms with Gasteiger partial charge in [-0.1, -0.05) is 25.1 Å². The van der Waals surface area contributed by atoms with E-state index in [1.54, 1.807) is 12.1 Å². The quantitative estimate of drug-likeness (QED) is 0.545. The summed E-state index contributed by atoms with van der Waals surface area (Å²) >= 11 is 0. The SMILES string of the molecule is CCc1cccc(C)c1NC(=O)/C(C#N)=C\Nc1ccc(C(=O)O)cc1. The zero-order valence-corrected chi connectivity index (χ0v) is 14.5. The third kappa shape index (κ3) is 4.48. The number of nitriles is 1. The van der Waals surface area contributed by atoms with Gasteiger partial charge in [-0.3, -0.25) is 4.79 Å². The van der Waals surface area contributed by atoms with E-state index in [2.05, 4.69) is 10.6 Å². The van der Waals surface area contributed by atoms with Gasteiger partial charge in [-0.05, 0) is 48.7 Å². The normalized spacial score (nSPS) is 10.7. The molecule has 0 radical (unpaired) electrons. The molecule has 0 fully saturated rings. The van der Waals surface area contributed by atoms with Crippen molar-refractivity contribution in [1.82, 2.24) is 0 Å². The summed E-state index contributed by atoms with van der Waals surface area (Å²) in [5.41, 5.74) is 3.27. The molecule has 6 heteroatoms. The van der Waals surface area contributed by atoms with Crippen molar-refractivity contribution >= 4 is 23.3 Å². The van der Waals surface area contributed by atoms with Gasteiger partial charge >= 0.3 is 5.97 Å². The van der Waals surface area contributed by atoms with Gasteiger partial charge < -0.3 is 15.7 Å². The minimum Gasteiger partial charge on any atom is -0.478 e. The highest BCUT2D eigenvalue weighted by Crippen LogP contribution is 2.21. The number of carbonyl (C=O) groups excluding carboxylic acids is 1. The van der Waals surface area contributed by atoms with Crippen molar-refractivity contribution in [1.29, 1.82) is 5.26 Å². The third-order valence-electron chi connectivity index (χ3n) is 3.86. The predicted octanol–water partition coefficient (Wildman–Crippen LogP) is 3.71. The van der Waals surface area contributed by atoms with E-state index in [0.717, 1.165) is 17.5 Å². The van der Waals surface area contributed by atoms with Crippen LogP contribution in [-0.2, 0) is 11.2 Å². The lowest BCUT2D eigenvalue weighted by atomic mass is 10.1. The van der Waals surface area contributed by atoms with Gasteiger partial charge in [-0.25, -0.2) is 4.79 Å². The molecule has 0 aliphatic rings. The van der Waals surface area contributed by atoms with Gasteiger partial charge in [0.2, 0.25) is 0 Å². The molecule has 0 saturated heterocycles. The number of benzene rings is 2. The van der Waals surface area contributed by atoms with E-state index in [4.69, 9.17) is 5.11 Å². The van der Waals surface area contributed by atoms with Crippen LogP contribution < -0.4 is 10.6 Å². The van der Waals surface area contributed by atoms with Crippen LogP contribution >= 0.6 is 0 Å². The molecule has 0 aromatic heterocycles. The van der Waals surface area contributed by atoms with Crippen LogP contribution in [0, 0.1) is 18.3 Å². The molecule has 0 unspecified atom stereocenters. The average molecular weight is 349 g/mol. The van der Waals surface area contributed by atoms with Crippen molar-refractivity contribution in [2.45, 2.75) is 20.3 Å². The number of para-hydroxylation sites is 1. The number of nitrogens with zero attached hydrogens (tertiary/aromatic N) is 1. The summed E-state index contributed by atoms with van der Waals surface area (Å²) in [5.74, 6) is -1.53. The molecule has 132 valence electrons. The zero-order chi connectivity index (χ0) is 19.1. The summed E-state index contributed by atoms with van der Waals surface area (Å²) in [5, 5.41) is 23.8. The fourth-order valence-electron chi connectivity index (χ4n) is 2.40. The van der Waals surface area contributed by atoms with E-state index in [1.165, 1.54) is 18.3 Å². The lowest BCUT2D eigenvalue weighted by Gasteiger charge is -2.12. The molecule has 0 aliphatic heterocycles. The van der Waals surface area contributed by atoms with Crippen LogP contribution in [0.15, 0.2) is 54.2 Å². The number of amides is 1. The Morgan fingerprint density at radius 1 is 1.19 bits per heavy atom. The fraction of sp³-hybridized carbons (Fsp3) is 0.150. The summed E-state index contributed by atoms with van der Waals surface area (Å²) in [7, 11) is 0. The summed E-state index contributed by atoms with van der Waals surface area (Å²) in [6.45, 7) is 3.89. The van der Waals surface area contributed by atoms with Crippen molar-refractivity contribution in [3.8, 4) is 6.07 Å². The van der Waals surface area contributed by atoms with Crippen molar-refractivity contribution < 1.29 is 14.7 Å². The topological polar surface area (TPSA) is 102 Å². The highest BCUT2D eigenvalue weighted by molar-refractivity contribution is 6.07. The van der Waals surface area contributed by atoms with Gasteiger partial charge in [-0.2, -0.15) is 5.26 Å². The molecule has 0 heterocycles. The fourth-order valence-corrected chi connectivity index (χ4v) is 2.40. The molecule has 26 heavy (non-hydrogen) atoms. The summed E-state index contributed by atoms with van der Waals surface area (Å²) in [4.78, 5) is 23.2. The number of hydrogen-bond donors (Lipinski definition) is 3. The molecule has 3 N–H and O–H groups in total. The molecule has 0 aliphatic carbocycles. The minimum atomic E-state index is -1.02. The number of hydrogen-bond acceptors (Lipinski definition) is 4. The molecular formula is C20H19N3O3. The Morgan fingerprint density at radius 3 is 2.46 bits per heavy atom. The van der Waals surface area contributed by atoms with Gasteiger partial charge in [-0.15, -0.1) is 0 Å². The molecule has 2 aromatic rings. The van der Waals surface area contributed by atoms with Crippen LogP contribution in [0.2, 0.25) is 0 Å². The van der Waals surface area contributed by atoms with Crippen molar-refractivity contribution in [3.05, 3.63) is 70.9 Å². The Labute approximate surface area is 151 Å². The average Bonchev–Trinajstić information content (AvgIpc) is 2.64. The number of anilines is 2. The van der Waals surface area contributed by atoms with E-state index >= 15 is 0 Å². The van der Waals surface area contributed by atoms with Crippen molar-refractivity contribution in [2.24, 2.45) is 0 Å². The van der Waals surface area contributed by atoms with Crippen LogP contribution in [0.4, 0.5) is 11.4 Å². The van der Waals surface area contributed by atoms with Gasteiger partial charge in [0.1, 0.15) is 11.6 Å². The van der Waals surface area contributed by atoms with Crippen LogP contribution in [0.3, 0.4) is 0 Å². The summed E-state index contributed by atoms with van der Waals surface area (Å²) in [6, 6.07) is 13.6. The number of aromatic carboxylic acids is 1. The first-order chi connectivity index (χ1) is 12.5. The second kappa shape index (κ2) is 8.49. The maximum Gasteiger partial charge on any atom is 0.335 e. The minimum absolute atomic E-state index is 0.0855. The first-order valence-corrected chi connectivity index (χ1v) is 8.06. The Balaban J connectivity index is 2.15. The Bertz CT molecular complexity index is 894. The molecule has 0 spiro atoms. The largest absolute Gasteiger partial charge is 0.478 e. The highest BCUT2D eigenvalue weighted by Gasteiger charge is 2.13. The molecule has 2 aromatic carbocycles. The standard InChI is InChI=1S/C20H19N3O3/c1-3-14-6-4-5-13(2)18(14)23-19(24)16(11-21)12-22-17-9-7-15(8-10-17)20(25)26/h4-10,12,22H,3H2,1-2H3,(H,23,24)(H,25,26)/b16-12-. The number of nitrogens with one attached hydrogen (secondary N) is 2. The number of carboxylic acids is 1. The lowest BCUT2D eigenvalue weighted by Crippen LogP contribution is -2.16. The molecule has 6 nitrogen and oxygen atoms in total. The first kappa shape index (κ1) is 18.7. The van der Waals surface area contributed by atoms with Crippen LogP contribution in [0.25, 0.3) is 0 Å². The second-order valence-corrected chi connectivity index (χ2v) is 5.61. The van der Waals surface area contributed by atoms with Gasteiger partial charge in [0, 0.05) is 17.6 Å². The van der Waals surface area contributed by atoms with E-state index in [9.17, 15) is 14.9 Å². The van der Waals surface area contributed by atoms with Crippen LogP contribution in [0.5, 0.6) is 0 Å². The van der Waals surface area contributed by atoms with E-state index in [0.29, 0.717) is 11.4 Å². The van der Waals surface area contributed by atoms with Crippen LogP contribution in [0.1, 0.15) is 28.4 Å². The molecule has 0 atom stereocenters. The molecule has 0 saturated carbocycles. The number of carboxylic acid groups (broad SMARTS) is 1. The predicted molar refractivity (Wildman–Crippen MR) is 99.9 cm³/mol. The number of aryl methyl sites for hydroxylation is 2. The maximum absolute atomic E-state index is 12.4. The molecule has 0 bridgehead atoms. The maximum atomic E-state index is 12.4. The third-order valence-corrected chi connectivity index (χ3v) is 3.86. The summed E-state index contributed by atoms with van der Waals surface area (Å²) < 4.78 is 0. The van der Waals surface area contributed by atoms with E-state index < -0.39 is 11.9 Å². The second-order valence-electron chi connectivity index (χ2n) is 5.61. The van der Waals surface area contributed by atoms with Crippen LogP contribution in [-0.4, -0.2) is 17.0 Å². The Hall–Kier alpha value is -3.59. The van der Waals surface area contributed by atoms with Gasteiger partial charge in [0.05, 0.1) is 5.56 Å². The molecule has 1 amide bonds. The Kier molecular flexibility index (Phi) is 6.12. The van der Waals surface area contributed by atoms with Crippen molar-refractivity contribution in [3.63, 3.8) is 0 Å². The Morgan fingerprint density at radius 2 is 1.88 bits per heavy atom. The van der Waals surface area contributed by atoms with Crippen molar-refractivity contribution in [2.75, 3.05) is 10.6 Å². The van der Waals surface area contributed by atoms with E-state index in [-0.39, 0.29) is 11.1 Å². The zero-order valence-electron chi connectivity index (χ0n) is 14.5. The first-order valence-electron chi connectivity index (χ1n) is 8.06. The smallest absolute Gasteiger partial charge is 0.335 e. The highest BCUT2D eigenvalue weighted by atomic mass is 16.4.